The normalized spacial score (nSPS) is 12.4. The summed E-state index contributed by atoms with van der Waals surface area (Å²) in [5, 5.41) is 15.4. The summed E-state index contributed by atoms with van der Waals surface area (Å²) in [6, 6.07) is -0.149. The van der Waals surface area contributed by atoms with E-state index in [2.05, 4.69) is 30.7 Å². The molecule has 7 nitrogen and oxygen atoms in total. The van der Waals surface area contributed by atoms with Crippen LogP contribution < -0.4 is 10.9 Å². The number of rotatable bonds is 3. The van der Waals surface area contributed by atoms with E-state index in [4.69, 9.17) is 11.6 Å². The average Bonchev–Trinajstić information content (AvgIpc) is 2.78. The fourth-order valence-electron chi connectivity index (χ4n) is 1.21. The van der Waals surface area contributed by atoms with Crippen molar-refractivity contribution in [2.75, 3.05) is 5.32 Å². The largest absolute Gasteiger partial charge is 0.373 e. The lowest BCUT2D eigenvalue weighted by atomic mass is 10.3. The number of aromatic amines is 2. The molecule has 0 aromatic carbocycles. The fourth-order valence-corrected chi connectivity index (χ4v) is 1.35. The Bertz CT molecular complexity index is 522. The van der Waals surface area contributed by atoms with Gasteiger partial charge in [-0.3, -0.25) is 9.89 Å². The number of nitrogens with zero attached hydrogens (tertiary/aromatic N) is 3. The maximum absolute atomic E-state index is 11.2. The molecule has 1 atom stereocenters. The number of halogens is 1. The van der Waals surface area contributed by atoms with Crippen LogP contribution in [0, 0.1) is 0 Å². The van der Waals surface area contributed by atoms with Gasteiger partial charge in [0.2, 0.25) is 0 Å². The van der Waals surface area contributed by atoms with Gasteiger partial charge in [0.15, 0.2) is 0 Å². The minimum absolute atomic E-state index is 0.0707. The van der Waals surface area contributed by atoms with Gasteiger partial charge in [-0.05, 0) is 6.92 Å². The highest BCUT2D eigenvalue weighted by Gasteiger charge is 2.11. The van der Waals surface area contributed by atoms with E-state index in [1.807, 2.05) is 6.92 Å². The van der Waals surface area contributed by atoms with Gasteiger partial charge in [0.05, 0.1) is 17.9 Å². The van der Waals surface area contributed by atoms with E-state index in [0.717, 1.165) is 0 Å². The Morgan fingerprint density at radius 3 is 2.94 bits per heavy atom. The SMILES string of the molecule is CC(Nc1cn[nH]c(=O)c1Cl)c1ncn[nH]1. The van der Waals surface area contributed by atoms with Crippen LogP contribution in [0.25, 0.3) is 0 Å². The summed E-state index contributed by atoms with van der Waals surface area (Å²) < 4.78 is 0. The van der Waals surface area contributed by atoms with Crippen LogP contribution in [0.5, 0.6) is 0 Å². The van der Waals surface area contributed by atoms with Crippen LogP contribution >= 0.6 is 11.6 Å². The van der Waals surface area contributed by atoms with Gasteiger partial charge in [0, 0.05) is 0 Å². The summed E-state index contributed by atoms with van der Waals surface area (Å²) in [5.74, 6) is 0.649. The second-order valence-electron chi connectivity index (χ2n) is 3.16. The van der Waals surface area contributed by atoms with E-state index in [9.17, 15) is 4.79 Å². The zero-order valence-electron chi connectivity index (χ0n) is 8.36. The van der Waals surface area contributed by atoms with Gasteiger partial charge in [-0.25, -0.2) is 10.1 Å². The molecule has 0 aliphatic rings. The summed E-state index contributed by atoms with van der Waals surface area (Å²) >= 11 is 5.81. The molecule has 2 heterocycles. The Kier molecular flexibility index (Phi) is 2.86. The highest BCUT2D eigenvalue weighted by molar-refractivity contribution is 6.32. The van der Waals surface area contributed by atoms with Crippen LogP contribution in [-0.2, 0) is 0 Å². The van der Waals surface area contributed by atoms with E-state index in [0.29, 0.717) is 11.5 Å². The summed E-state index contributed by atoms with van der Waals surface area (Å²) in [4.78, 5) is 15.2. The topological polar surface area (TPSA) is 99.3 Å². The lowest BCUT2D eigenvalue weighted by molar-refractivity contribution is 0.792. The van der Waals surface area contributed by atoms with Crippen LogP contribution in [0.15, 0.2) is 17.3 Å². The molecular weight excluding hydrogens is 232 g/mol. The van der Waals surface area contributed by atoms with Crippen molar-refractivity contribution >= 4 is 17.3 Å². The smallest absolute Gasteiger partial charge is 0.285 e. The maximum atomic E-state index is 11.2. The average molecular weight is 241 g/mol. The first kappa shape index (κ1) is 10.6. The van der Waals surface area contributed by atoms with E-state index in [1.54, 1.807) is 0 Å². The molecule has 0 radical (unpaired) electrons. The van der Waals surface area contributed by atoms with Gasteiger partial charge in [0.1, 0.15) is 17.2 Å². The van der Waals surface area contributed by atoms with Crippen molar-refractivity contribution in [1.29, 1.82) is 0 Å². The molecule has 2 rings (SSSR count). The number of H-pyrrole nitrogens is 2. The molecule has 0 bridgehead atoms. The highest BCUT2D eigenvalue weighted by Crippen LogP contribution is 2.19. The lowest BCUT2D eigenvalue weighted by Gasteiger charge is -2.12. The quantitative estimate of drug-likeness (QED) is 0.734. The van der Waals surface area contributed by atoms with E-state index in [-0.39, 0.29) is 11.1 Å². The Morgan fingerprint density at radius 2 is 2.25 bits per heavy atom. The molecule has 0 fully saturated rings. The zero-order valence-corrected chi connectivity index (χ0v) is 9.12. The molecule has 0 aliphatic carbocycles. The number of nitrogens with one attached hydrogen (secondary N) is 3. The number of hydrogen-bond acceptors (Lipinski definition) is 5. The van der Waals surface area contributed by atoms with Gasteiger partial charge < -0.3 is 5.32 Å². The van der Waals surface area contributed by atoms with Crippen molar-refractivity contribution in [3.05, 3.63) is 33.7 Å². The molecule has 0 saturated carbocycles. The molecule has 8 heteroatoms. The highest BCUT2D eigenvalue weighted by atomic mass is 35.5. The molecule has 0 saturated heterocycles. The summed E-state index contributed by atoms with van der Waals surface area (Å²) in [7, 11) is 0. The van der Waals surface area contributed by atoms with E-state index in [1.165, 1.54) is 12.5 Å². The van der Waals surface area contributed by atoms with Crippen molar-refractivity contribution in [3.63, 3.8) is 0 Å². The van der Waals surface area contributed by atoms with Crippen molar-refractivity contribution in [2.45, 2.75) is 13.0 Å². The molecule has 1 unspecified atom stereocenters. The van der Waals surface area contributed by atoms with Gasteiger partial charge in [-0.1, -0.05) is 11.6 Å². The van der Waals surface area contributed by atoms with Crippen molar-refractivity contribution in [1.82, 2.24) is 25.4 Å². The van der Waals surface area contributed by atoms with Crippen LogP contribution in [0.3, 0.4) is 0 Å². The minimum Gasteiger partial charge on any atom is -0.373 e. The second kappa shape index (κ2) is 4.31. The first-order valence-corrected chi connectivity index (χ1v) is 4.91. The van der Waals surface area contributed by atoms with Crippen molar-refractivity contribution in [2.24, 2.45) is 0 Å². The number of aromatic nitrogens is 5. The monoisotopic (exact) mass is 240 g/mol. The standard InChI is InChI=1S/C8H9ClN6O/c1-4(7-10-3-12-14-7)13-5-2-11-15-8(16)6(5)9/h2-4H,1H3,(H,10,12,14)(H2,13,15,16). The van der Waals surface area contributed by atoms with Crippen molar-refractivity contribution < 1.29 is 0 Å². The van der Waals surface area contributed by atoms with Crippen LogP contribution in [0.4, 0.5) is 5.69 Å². The predicted octanol–water partition coefficient (Wildman–Crippen LogP) is 0.714. The molecule has 2 aromatic rings. The molecule has 84 valence electrons. The zero-order chi connectivity index (χ0) is 11.5. The van der Waals surface area contributed by atoms with Gasteiger partial charge in [-0.2, -0.15) is 10.2 Å². The Morgan fingerprint density at radius 1 is 1.44 bits per heavy atom. The summed E-state index contributed by atoms with van der Waals surface area (Å²) in [6.45, 7) is 1.86. The van der Waals surface area contributed by atoms with Gasteiger partial charge >= 0.3 is 0 Å². The molecule has 0 aliphatic heterocycles. The van der Waals surface area contributed by atoms with Crippen LogP contribution in [0.1, 0.15) is 18.8 Å². The van der Waals surface area contributed by atoms with Gasteiger partial charge in [-0.15, -0.1) is 0 Å². The molecule has 0 amide bonds. The number of anilines is 1. The second-order valence-corrected chi connectivity index (χ2v) is 3.54. The summed E-state index contributed by atoms with van der Waals surface area (Å²) in [5.41, 5.74) is 0.0192. The molecule has 2 aromatic heterocycles. The summed E-state index contributed by atoms with van der Waals surface area (Å²) in [6.07, 6.45) is 2.85. The third kappa shape index (κ3) is 2.03. The van der Waals surface area contributed by atoms with Crippen LogP contribution in [0.2, 0.25) is 5.02 Å². The van der Waals surface area contributed by atoms with Crippen molar-refractivity contribution in [3.8, 4) is 0 Å². The van der Waals surface area contributed by atoms with E-state index < -0.39 is 5.56 Å². The third-order valence-corrected chi connectivity index (χ3v) is 2.39. The van der Waals surface area contributed by atoms with E-state index >= 15 is 0 Å². The first-order chi connectivity index (χ1) is 7.68. The molecule has 3 N–H and O–H groups in total. The number of hydrogen-bond donors (Lipinski definition) is 3. The lowest BCUT2D eigenvalue weighted by Crippen LogP contribution is -2.14. The predicted molar refractivity (Wildman–Crippen MR) is 58.3 cm³/mol. The molecule has 0 spiro atoms. The third-order valence-electron chi connectivity index (χ3n) is 2.01. The maximum Gasteiger partial charge on any atom is 0.285 e. The first-order valence-electron chi connectivity index (χ1n) is 4.53. The Balaban J connectivity index is 2.21. The minimum atomic E-state index is -0.434. The fraction of sp³-hybridized carbons (Fsp3) is 0.250. The van der Waals surface area contributed by atoms with Gasteiger partial charge in [0.25, 0.3) is 5.56 Å². The molecule has 16 heavy (non-hydrogen) atoms. The van der Waals surface area contributed by atoms with Crippen LogP contribution in [-0.4, -0.2) is 25.4 Å². The Hall–Kier alpha value is -1.89. The molecular formula is C8H9ClN6O. The Labute approximate surface area is 95.3 Å².